The molecule has 1 aromatic heterocycles. The largest absolute Gasteiger partial charge is 0.416 e. The number of aromatic nitrogens is 1. The molecule has 2 aromatic rings. The van der Waals surface area contributed by atoms with E-state index < -0.39 is 11.7 Å². The van der Waals surface area contributed by atoms with Crippen molar-refractivity contribution >= 4 is 16.5 Å². The molecule has 0 spiro atoms. The molecular weight excluding hydrogens is 287 g/mol. The number of alkyl halides is 3. The number of benzene rings is 1. The number of hydrogen-bond acceptors (Lipinski definition) is 4. The van der Waals surface area contributed by atoms with Gasteiger partial charge in [0.15, 0.2) is 5.13 Å². The highest BCUT2D eigenvalue weighted by Crippen LogP contribution is 2.31. The van der Waals surface area contributed by atoms with Crippen molar-refractivity contribution in [2.45, 2.75) is 19.1 Å². The van der Waals surface area contributed by atoms with Gasteiger partial charge in [-0.2, -0.15) is 13.2 Å². The molecule has 0 saturated carbocycles. The lowest BCUT2D eigenvalue weighted by Crippen LogP contribution is -2.18. The van der Waals surface area contributed by atoms with Crippen molar-refractivity contribution < 1.29 is 13.2 Å². The van der Waals surface area contributed by atoms with Gasteiger partial charge in [0.25, 0.3) is 0 Å². The SMILES string of the molecule is Nc1ncc(CNCCc2ccccc2C(F)(F)F)s1. The standard InChI is InChI=1S/C13H14F3N3S/c14-13(15,16)11-4-2-1-3-9(11)5-6-18-7-10-8-19-12(17)20-10/h1-4,8,18H,5-7H2,(H2,17,19). The third kappa shape index (κ3) is 3.94. The summed E-state index contributed by atoms with van der Waals surface area (Å²) in [6.45, 7) is 1.02. The van der Waals surface area contributed by atoms with Crippen LogP contribution in [0.5, 0.6) is 0 Å². The topological polar surface area (TPSA) is 50.9 Å². The number of nitrogens with zero attached hydrogens (tertiary/aromatic N) is 1. The van der Waals surface area contributed by atoms with Gasteiger partial charge in [-0.05, 0) is 24.6 Å². The maximum absolute atomic E-state index is 12.8. The van der Waals surface area contributed by atoms with Crippen LogP contribution in [0.4, 0.5) is 18.3 Å². The van der Waals surface area contributed by atoms with Crippen molar-refractivity contribution in [1.82, 2.24) is 10.3 Å². The van der Waals surface area contributed by atoms with Crippen LogP contribution in [0, 0.1) is 0 Å². The summed E-state index contributed by atoms with van der Waals surface area (Å²) < 4.78 is 38.4. The van der Waals surface area contributed by atoms with Crippen LogP contribution in [0.15, 0.2) is 30.5 Å². The van der Waals surface area contributed by atoms with Gasteiger partial charge in [-0.3, -0.25) is 0 Å². The minimum atomic E-state index is -4.30. The fraction of sp³-hybridized carbons (Fsp3) is 0.308. The summed E-state index contributed by atoms with van der Waals surface area (Å²) in [5, 5.41) is 3.58. The van der Waals surface area contributed by atoms with Crippen LogP contribution in [-0.4, -0.2) is 11.5 Å². The van der Waals surface area contributed by atoms with E-state index in [1.165, 1.54) is 23.5 Å². The van der Waals surface area contributed by atoms with Gasteiger partial charge in [0.2, 0.25) is 0 Å². The molecule has 0 unspecified atom stereocenters. The van der Waals surface area contributed by atoms with E-state index >= 15 is 0 Å². The quantitative estimate of drug-likeness (QED) is 0.835. The predicted molar refractivity (Wildman–Crippen MR) is 73.4 cm³/mol. The van der Waals surface area contributed by atoms with Crippen molar-refractivity contribution in [2.24, 2.45) is 0 Å². The van der Waals surface area contributed by atoms with Crippen LogP contribution >= 0.6 is 11.3 Å². The van der Waals surface area contributed by atoms with Gasteiger partial charge >= 0.3 is 6.18 Å². The van der Waals surface area contributed by atoms with E-state index in [0.29, 0.717) is 30.2 Å². The van der Waals surface area contributed by atoms with E-state index in [1.54, 1.807) is 12.3 Å². The molecule has 0 atom stereocenters. The van der Waals surface area contributed by atoms with Gasteiger partial charge in [-0.1, -0.05) is 18.2 Å². The van der Waals surface area contributed by atoms with Crippen LogP contribution in [-0.2, 0) is 19.1 Å². The van der Waals surface area contributed by atoms with E-state index in [2.05, 4.69) is 10.3 Å². The number of nitrogen functional groups attached to an aromatic ring is 1. The Morgan fingerprint density at radius 1 is 1.25 bits per heavy atom. The van der Waals surface area contributed by atoms with Crippen molar-refractivity contribution in [1.29, 1.82) is 0 Å². The Bertz CT molecular complexity index is 566. The third-order valence-electron chi connectivity index (χ3n) is 2.76. The molecule has 0 aliphatic carbocycles. The Morgan fingerprint density at radius 3 is 2.65 bits per heavy atom. The van der Waals surface area contributed by atoms with Crippen LogP contribution < -0.4 is 11.1 Å². The predicted octanol–water partition coefficient (Wildman–Crippen LogP) is 3.08. The second kappa shape index (κ2) is 6.23. The molecule has 7 heteroatoms. The zero-order valence-electron chi connectivity index (χ0n) is 10.6. The second-order valence-electron chi connectivity index (χ2n) is 4.25. The van der Waals surface area contributed by atoms with E-state index in [1.807, 2.05) is 0 Å². The first-order chi connectivity index (χ1) is 9.47. The van der Waals surface area contributed by atoms with E-state index in [-0.39, 0.29) is 0 Å². The number of nitrogens with one attached hydrogen (secondary N) is 1. The van der Waals surface area contributed by atoms with Crippen molar-refractivity contribution in [2.75, 3.05) is 12.3 Å². The van der Waals surface area contributed by atoms with Crippen molar-refractivity contribution in [3.05, 3.63) is 46.5 Å². The fourth-order valence-electron chi connectivity index (χ4n) is 1.85. The van der Waals surface area contributed by atoms with E-state index in [4.69, 9.17) is 5.73 Å². The molecular formula is C13H14F3N3S. The molecule has 0 saturated heterocycles. The summed E-state index contributed by atoms with van der Waals surface area (Å²) in [5.74, 6) is 0. The molecule has 2 rings (SSSR count). The van der Waals surface area contributed by atoms with Gasteiger partial charge in [-0.25, -0.2) is 4.98 Å². The third-order valence-corrected chi connectivity index (χ3v) is 3.59. The van der Waals surface area contributed by atoms with E-state index in [9.17, 15) is 13.2 Å². The Morgan fingerprint density at radius 2 is 2.00 bits per heavy atom. The molecule has 0 aliphatic heterocycles. The molecule has 0 aliphatic rings. The average molecular weight is 301 g/mol. The lowest BCUT2D eigenvalue weighted by Gasteiger charge is -2.12. The average Bonchev–Trinajstić information content (AvgIpc) is 2.80. The van der Waals surface area contributed by atoms with Gasteiger partial charge in [0.1, 0.15) is 0 Å². The summed E-state index contributed by atoms with van der Waals surface area (Å²) in [7, 11) is 0. The van der Waals surface area contributed by atoms with Crippen LogP contribution in [0.25, 0.3) is 0 Å². The number of rotatable bonds is 5. The summed E-state index contributed by atoms with van der Waals surface area (Å²) in [6.07, 6.45) is -2.32. The molecule has 3 nitrogen and oxygen atoms in total. The molecule has 1 aromatic carbocycles. The normalized spacial score (nSPS) is 11.8. The van der Waals surface area contributed by atoms with Gasteiger partial charge in [0.05, 0.1) is 5.56 Å². The minimum Gasteiger partial charge on any atom is -0.375 e. The maximum Gasteiger partial charge on any atom is 0.416 e. The number of hydrogen-bond donors (Lipinski definition) is 2. The lowest BCUT2D eigenvalue weighted by atomic mass is 10.0. The zero-order chi connectivity index (χ0) is 14.6. The molecule has 108 valence electrons. The molecule has 0 fully saturated rings. The van der Waals surface area contributed by atoms with Crippen LogP contribution in [0.1, 0.15) is 16.0 Å². The second-order valence-corrected chi connectivity index (χ2v) is 5.39. The van der Waals surface area contributed by atoms with Crippen LogP contribution in [0.2, 0.25) is 0 Å². The first-order valence-electron chi connectivity index (χ1n) is 6.03. The molecule has 0 bridgehead atoms. The van der Waals surface area contributed by atoms with Gasteiger partial charge in [-0.15, -0.1) is 11.3 Å². The fourth-order valence-corrected chi connectivity index (χ4v) is 2.51. The molecule has 0 radical (unpaired) electrons. The first kappa shape index (κ1) is 14.8. The number of anilines is 1. The Labute approximate surface area is 118 Å². The molecule has 20 heavy (non-hydrogen) atoms. The summed E-state index contributed by atoms with van der Waals surface area (Å²) in [4.78, 5) is 4.87. The van der Waals surface area contributed by atoms with E-state index in [0.717, 1.165) is 10.9 Å². The summed E-state index contributed by atoms with van der Waals surface area (Å²) in [6, 6.07) is 5.64. The van der Waals surface area contributed by atoms with Gasteiger partial charge in [0, 0.05) is 17.6 Å². The van der Waals surface area contributed by atoms with Crippen LogP contribution in [0.3, 0.4) is 0 Å². The molecule has 3 N–H and O–H groups in total. The highest BCUT2D eigenvalue weighted by atomic mass is 32.1. The minimum absolute atomic E-state index is 0.302. The zero-order valence-corrected chi connectivity index (χ0v) is 11.4. The highest BCUT2D eigenvalue weighted by molar-refractivity contribution is 7.15. The summed E-state index contributed by atoms with van der Waals surface area (Å²) in [5.41, 5.74) is 5.23. The first-order valence-corrected chi connectivity index (χ1v) is 6.84. The van der Waals surface area contributed by atoms with Crippen molar-refractivity contribution in [3.63, 3.8) is 0 Å². The summed E-state index contributed by atoms with van der Waals surface area (Å²) >= 11 is 1.37. The Balaban J connectivity index is 1.88. The van der Waals surface area contributed by atoms with Gasteiger partial charge < -0.3 is 11.1 Å². The smallest absolute Gasteiger partial charge is 0.375 e. The number of thiazole rings is 1. The maximum atomic E-state index is 12.8. The Hall–Kier alpha value is -1.60. The monoisotopic (exact) mass is 301 g/mol. The van der Waals surface area contributed by atoms with Crippen molar-refractivity contribution in [3.8, 4) is 0 Å². The number of nitrogens with two attached hydrogens (primary N) is 1. The molecule has 0 amide bonds. The highest BCUT2D eigenvalue weighted by Gasteiger charge is 2.32. The Kier molecular flexibility index (Phi) is 4.61. The lowest BCUT2D eigenvalue weighted by molar-refractivity contribution is -0.138. The molecule has 1 heterocycles. The number of halogens is 3.